The van der Waals surface area contributed by atoms with Crippen LogP contribution in [0.4, 0.5) is 0 Å². The van der Waals surface area contributed by atoms with Crippen molar-refractivity contribution >= 4 is 0 Å². The molecule has 0 aliphatic heterocycles. The van der Waals surface area contributed by atoms with Gasteiger partial charge in [0, 0.05) is 18.3 Å². The summed E-state index contributed by atoms with van der Waals surface area (Å²) in [6, 6.07) is 3.88. The van der Waals surface area contributed by atoms with Gasteiger partial charge >= 0.3 is 0 Å². The average Bonchev–Trinajstić information content (AvgIpc) is 2.24. The van der Waals surface area contributed by atoms with E-state index in [1.165, 1.54) is 6.42 Å². The summed E-state index contributed by atoms with van der Waals surface area (Å²) < 4.78 is 5.58. The van der Waals surface area contributed by atoms with E-state index in [4.69, 9.17) is 10.5 Å². The summed E-state index contributed by atoms with van der Waals surface area (Å²) in [7, 11) is 0. The van der Waals surface area contributed by atoms with Gasteiger partial charge in [-0.2, -0.15) is 0 Å². The van der Waals surface area contributed by atoms with Crippen molar-refractivity contribution in [3.63, 3.8) is 0 Å². The predicted octanol–water partition coefficient (Wildman–Crippen LogP) is 2.66. The van der Waals surface area contributed by atoms with E-state index in [-0.39, 0.29) is 0 Å². The summed E-state index contributed by atoms with van der Waals surface area (Å²) in [5.41, 5.74) is 7.62. The predicted molar refractivity (Wildman–Crippen MR) is 66.4 cm³/mol. The molecule has 0 bridgehead atoms. The highest BCUT2D eigenvalue weighted by molar-refractivity contribution is 5.24. The van der Waals surface area contributed by atoms with E-state index < -0.39 is 0 Å². The van der Waals surface area contributed by atoms with Crippen molar-refractivity contribution in [1.82, 2.24) is 4.98 Å². The van der Waals surface area contributed by atoms with Crippen molar-refractivity contribution in [3.8, 4) is 5.88 Å². The molecule has 0 saturated carbocycles. The largest absolute Gasteiger partial charge is 0.478 e. The fourth-order valence-electron chi connectivity index (χ4n) is 1.53. The number of ether oxygens (including phenoxy) is 1. The summed E-state index contributed by atoms with van der Waals surface area (Å²) in [6.07, 6.45) is 2.27. The van der Waals surface area contributed by atoms with Gasteiger partial charge in [-0.05, 0) is 31.2 Å². The number of hydrogen-bond acceptors (Lipinski definition) is 3. The van der Waals surface area contributed by atoms with Gasteiger partial charge in [-0.25, -0.2) is 4.98 Å². The molecule has 1 rings (SSSR count). The number of nitrogens with zero attached hydrogens (tertiary/aromatic N) is 1. The van der Waals surface area contributed by atoms with Crippen molar-refractivity contribution in [2.45, 2.75) is 40.2 Å². The molecule has 3 heteroatoms. The molecule has 3 nitrogen and oxygen atoms in total. The molecule has 0 aliphatic carbocycles. The van der Waals surface area contributed by atoms with Crippen LogP contribution in [0.3, 0.4) is 0 Å². The van der Waals surface area contributed by atoms with Gasteiger partial charge in [-0.15, -0.1) is 0 Å². The van der Waals surface area contributed by atoms with Crippen molar-refractivity contribution in [1.29, 1.82) is 0 Å². The van der Waals surface area contributed by atoms with E-state index in [9.17, 15) is 0 Å². The van der Waals surface area contributed by atoms with Gasteiger partial charge in [0.15, 0.2) is 0 Å². The number of rotatable bonds is 6. The van der Waals surface area contributed by atoms with Crippen LogP contribution in [0, 0.1) is 12.8 Å². The molecular weight excluding hydrogens is 200 g/mol. The second-order valence-corrected chi connectivity index (χ2v) is 4.48. The lowest BCUT2D eigenvalue weighted by Crippen LogP contribution is -2.04. The first-order valence-corrected chi connectivity index (χ1v) is 5.93. The van der Waals surface area contributed by atoms with Gasteiger partial charge < -0.3 is 10.5 Å². The average molecular weight is 222 g/mol. The van der Waals surface area contributed by atoms with Gasteiger partial charge in [0.25, 0.3) is 0 Å². The minimum atomic E-state index is 0.534. The lowest BCUT2D eigenvalue weighted by Gasteiger charge is -2.08. The summed E-state index contributed by atoms with van der Waals surface area (Å²) in [4.78, 5) is 4.36. The molecule has 1 aromatic heterocycles. The van der Waals surface area contributed by atoms with E-state index in [2.05, 4.69) is 18.8 Å². The molecule has 1 heterocycles. The lowest BCUT2D eigenvalue weighted by molar-refractivity contribution is 0.286. The maximum Gasteiger partial charge on any atom is 0.213 e. The van der Waals surface area contributed by atoms with Crippen molar-refractivity contribution < 1.29 is 4.74 Å². The highest BCUT2D eigenvalue weighted by atomic mass is 16.5. The Morgan fingerprint density at radius 2 is 2.12 bits per heavy atom. The number of nitrogens with two attached hydrogens (primary N) is 1. The van der Waals surface area contributed by atoms with Crippen LogP contribution < -0.4 is 10.5 Å². The van der Waals surface area contributed by atoms with Crippen LogP contribution in [0.2, 0.25) is 0 Å². The monoisotopic (exact) mass is 222 g/mol. The van der Waals surface area contributed by atoms with E-state index in [1.807, 2.05) is 19.1 Å². The second-order valence-electron chi connectivity index (χ2n) is 4.48. The molecule has 2 N–H and O–H groups in total. The van der Waals surface area contributed by atoms with Crippen LogP contribution in [0.15, 0.2) is 12.1 Å². The summed E-state index contributed by atoms with van der Waals surface area (Å²) in [5, 5.41) is 0. The second kappa shape index (κ2) is 6.48. The number of aryl methyl sites for hydroxylation is 1. The van der Waals surface area contributed by atoms with Crippen LogP contribution in [0.1, 0.15) is 37.9 Å². The molecule has 0 unspecified atom stereocenters. The zero-order valence-electron chi connectivity index (χ0n) is 10.5. The number of aromatic nitrogens is 1. The molecule has 16 heavy (non-hydrogen) atoms. The van der Waals surface area contributed by atoms with Crippen LogP contribution in [0.25, 0.3) is 0 Å². The molecule has 0 aliphatic rings. The molecule has 0 spiro atoms. The van der Waals surface area contributed by atoms with Gasteiger partial charge in [-0.3, -0.25) is 0 Å². The Hall–Kier alpha value is -1.09. The topological polar surface area (TPSA) is 48.1 Å². The van der Waals surface area contributed by atoms with E-state index >= 15 is 0 Å². The maximum atomic E-state index is 5.58. The standard InChI is InChI=1S/C13H22N2O/c1-10(2)5-4-8-16-13-7-6-12(9-14)11(3)15-13/h6-7,10H,4-5,8-9,14H2,1-3H3. The Morgan fingerprint density at radius 3 is 2.69 bits per heavy atom. The van der Waals surface area contributed by atoms with Crippen LogP contribution in [-0.2, 0) is 6.54 Å². The molecular formula is C13H22N2O. The molecule has 0 amide bonds. The lowest BCUT2D eigenvalue weighted by atomic mass is 10.1. The molecule has 0 fully saturated rings. The Kier molecular flexibility index (Phi) is 5.26. The zero-order valence-corrected chi connectivity index (χ0v) is 10.5. The fourth-order valence-corrected chi connectivity index (χ4v) is 1.53. The summed E-state index contributed by atoms with van der Waals surface area (Å²) in [5.74, 6) is 1.44. The molecule has 0 aromatic carbocycles. The van der Waals surface area contributed by atoms with Crippen molar-refractivity contribution in [2.24, 2.45) is 11.7 Å². The third-order valence-corrected chi connectivity index (χ3v) is 2.57. The maximum absolute atomic E-state index is 5.58. The van der Waals surface area contributed by atoms with Gasteiger partial charge in [-0.1, -0.05) is 19.9 Å². The Morgan fingerprint density at radius 1 is 1.38 bits per heavy atom. The first kappa shape index (κ1) is 13.0. The third-order valence-electron chi connectivity index (χ3n) is 2.57. The highest BCUT2D eigenvalue weighted by Gasteiger charge is 2.01. The molecule has 0 atom stereocenters. The summed E-state index contributed by atoms with van der Waals surface area (Å²) in [6.45, 7) is 7.68. The van der Waals surface area contributed by atoms with Crippen LogP contribution >= 0.6 is 0 Å². The minimum absolute atomic E-state index is 0.534. The van der Waals surface area contributed by atoms with Gasteiger partial charge in [0.2, 0.25) is 5.88 Å². The molecule has 1 aromatic rings. The third kappa shape index (κ3) is 4.19. The molecule has 90 valence electrons. The Labute approximate surface area is 98.0 Å². The number of pyridine rings is 1. The minimum Gasteiger partial charge on any atom is -0.478 e. The molecule has 0 radical (unpaired) electrons. The quantitative estimate of drug-likeness (QED) is 0.753. The summed E-state index contributed by atoms with van der Waals surface area (Å²) >= 11 is 0. The first-order chi connectivity index (χ1) is 7.63. The van der Waals surface area contributed by atoms with Crippen molar-refractivity contribution in [3.05, 3.63) is 23.4 Å². The normalized spacial score (nSPS) is 10.8. The highest BCUT2D eigenvalue weighted by Crippen LogP contribution is 2.13. The molecule has 0 saturated heterocycles. The van der Waals surface area contributed by atoms with E-state index in [0.29, 0.717) is 12.4 Å². The zero-order chi connectivity index (χ0) is 12.0. The Balaban J connectivity index is 2.40. The van der Waals surface area contributed by atoms with Crippen molar-refractivity contribution in [2.75, 3.05) is 6.61 Å². The van der Waals surface area contributed by atoms with Gasteiger partial charge in [0.05, 0.1) is 6.61 Å². The van der Waals surface area contributed by atoms with E-state index in [0.717, 1.165) is 30.2 Å². The van der Waals surface area contributed by atoms with Crippen LogP contribution in [-0.4, -0.2) is 11.6 Å². The SMILES string of the molecule is Cc1nc(OCCCC(C)C)ccc1CN. The fraction of sp³-hybridized carbons (Fsp3) is 0.615. The van der Waals surface area contributed by atoms with Gasteiger partial charge in [0.1, 0.15) is 0 Å². The Bertz CT molecular complexity index is 324. The smallest absolute Gasteiger partial charge is 0.213 e. The van der Waals surface area contributed by atoms with E-state index in [1.54, 1.807) is 0 Å². The van der Waals surface area contributed by atoms with Crippen LogP contribution in [0.5, 0.6) is 5.88 Å². The number of hydrogen-bond donors (Lipinski definition) is 1. The first-order valence-electron chi connectivity index (χ1n) is 5.93.